The normalized spacial score (nSPS) is 18.1. The molecule has 2 aromatic heterocycles. The molecule has 112 valence electrons. The number of nitrogens with one attached hydrogen (secondary N) is 1. The number of aromatic amines is 1. The Labute approximate surface area is 133 Å². The van der Waals surface area contributed by atoms with Gasteiger partial charge in [-0.2, -0.15) is 0 Å². The number of fused-ring (bicyclic) bond motifs is 1. The van der Waals surface area contributed by atoms with Gasteiger partial charge in [-0.15, -0.1) is 12.6 Å². The number of H-pyrrole nitrogens is 1. The van der Waals surface area contributed by atoms with Crippen LogP contribution in [0.4, 0.5) is 0 Å². The van der Waals surface area contributed by atoms with Crippen molar-refractivity contribution in [2.75, 3.05) is 13.2 Å². The first-order valence-electron chi connectivity index (χ1n) is 7.33. The minimum absolute atomic E-state index is 0.0554. The molecule has 3 aromatic rings. The monoisotopic (exact) mass is 312 g/mol. The smallest absolute Gasteiger partial charge is 0.258 e. The second-order valence-corrected chi connectivity index (χ2v) is 6.10. The molecule has 0 aliphatic carbocycles. The van der Waals surface area contributed by atoms with Crippen molar-refractivity contribution in [3.05, 3.63) is 53.1 Å². The van der Waals surface area contributed by atoms with Crippen molar-refractivity contribution < 1.29 is 4.74 Å². The van der Waals surface area contributed by atoms with Crippen molar-refractivity contribution in [3.63, 3.8) is 0 Å². The summed E-state index contributed by atoms with van der Waals surface area (Å²) in [6.45, 7) is 1.48. The van der Waals surface area contributed by atoms with Crippen LogP contribution in [0.2, 0.25) is 0 Å². The number of ether oxygens (including phenoxy) is 1. The molecule has 1 aromatic carbocycles. The Morgan fingerprint density at radius 2 is 2.05 bits per heavy atom. The molecule has 5 heteroatoms. The molecule has 0 radical (unpaired) electrons. The number of thiol groups is 1. The second-order valence-electron chi connectivity index (χ2n) is 5.58. The second kappa shape index (κ2) is 5.34. The Bertz CT molecular complexity index is 874. The summed E-state index contributed by atoms with van der Waals surface area (Å²) in [4.78, 5) is 16.0. The molecular formula is C17H16N2O2S. The van der Waals surface area contributed by atoms with E-state index >= 15 is 0 Å². The molecule has 1 fully saturated rings. The number of aromatic nitrogens is 2. The highest BCUT2D eigenvalue weighted by atomic mass is 32.1. The highest BCUT2D eigenvalue weighted by molar-refractivity contribution is 7.80. The number of benzene rings is 1. The molecule has 1 saturated heterocycles. The Morgan fingerprint density at radius 3 is 2.77 bits per heavy atom. The molecule has 0 bridgehead atoms. The third-order valence-corrected chi connectivity index (χ3v) is 4.53. The van der Waals surface area contributed by atoms with E-state index in [9.17, 15) is 4.79 Å². The van der Waals surface area contributed by atoms with Crippen LogP contribution in [0.1, 0.15) is 12.5 Å². The van der Waals surface area contributed by atoms with Crippen LogP contribution in [-0.2, 0) is 4.74 Å². The van der Waals surface area contributed by atoms with E-state index in [4.69, 9.17) is 4.74 Å². The zero-order valence-corrected chi connectivity index (χ0v) is 12.8. The summed E-state index contributed by atoms with van der Waals surface area (Å²) in [6.07, 6.45) is 4.76. The van der Waals surface area contributed by atoms with Gasteiger partial charge >= 0.3 is 0 Å². The maximum Gasteiger partial charge on any atom is 0.258 e. The first-order valence-corrected chi connectivity index (χ1v) is 7.78. The lowest BCUT2D eigenvalue weighted by molar-refractivity contribution is 0.187. The highest BCUT2D eigenvalue weighted by Crippen LogP contribution is 2.32. The Balaban J connectivity index is 1.98. The van der Waals surface area contributed by atoms with Gasteiger partial charge < -0.3 is 14.3 Å². The standard InChI is InChI=1S/C17H16N2O2S/c20-17-16-14(11-1-3-13(22)4-2-11)9-19(12-6-8-21-10-12)15(16)5-7-18-17/h1-5,7,9,12,22H,6,8,10H2,(H,18,20). The Kier molecular flexibility index (Phi) is 3.32. The van der Waals surface area contributed by atoms with Crippen LogP contribution in [0.15, 0.2) is 52.4 Å². The van der Waals surface area contributed by atoms with Gasteiger partial charge in [-0.05, 0) is 30.2 Å². The lowest BCUT2D eigenvalue weighted by atomic mass is 10.1. The van der Waals surface area contributed by atoms with E-state index in [0.717, 1.165) is 40.0 Å². The largest absolute Gasteiger partial charge is 0.379 e. The van der Waals surface area contributed by atoms with Gasteiger partial charge in [0, 0.05) is 29.5 Å². The molecule has 0 amide bonds. The van der Waals surface area contributed by atoms with Crippen LogP contribution in [0.3, 0.4) is 0 Å². The van der Waals surface area contributed by atoms with E-state index in [1.807, 2.05) is 30.3 Å². The molecule has 0 spiro atoms. The van der Waals surface area contributed by atoms with Crippen LogP contribution in [0.5, 0.6) is 0 Å². The third kappa shape index (κ3) is 2.17. The van der Waals surface area contributed by atoms with Gasteiger partial charge in [0.05, 0.1) is 23.6 Å². The number of hydrogen-bond acceptors (Lipinski definition) is 3. The molecule has 1 aliphatic rings. The van der Waals surface area contributed by atoms with Gasteiger partial charge in [0.25, 0.3) is 5.56 Å². The molecule has 4 rings (SSSR count). The topological polar surface area (TPSA) is 47.0 Å². The van der Waals surface area contributed by atoms with Crippen LogP contribution in [0, 0.1) is 0 Å². The average Bonchev–Trinajstić information content (AvgIpc) is 3.15. The summed E-state index contributed by atoms with van der Waals surface area (Å²) in [5, 5.41) is 0.737. The summed E-state index contributed by atoms with van der Waals surface area (Å²) < 4.78 is 7.69. The van der Waals surface area contributed by atoms with Gasteiger partial charge in [-0.3, -0.25) is 4.79 Å². The Hall–Kier alpha value is -1.98. The first-order chi connectivity index (χ1) is 10.7. The highest BCUT2D eigenvalue weighted by Gasteiger charge is 2.22. The fourth-order valence-electron chi connectivity index (χ4n) is 3.12. The van der Waals surface area contributed by atoms with E-state index < -0.39 is 0 Å². The van der Waals surface area contributed by atoms with Crippen molar-refractivity contribution >= 4 is 23.5 Å². The van der Waals surface area contributed by atoms with Gasteiger partial charge in [0.15, 0.2) is 0 Å². The predicted molar refractivity (Wildman–Crippen MR) is 89.7 cm³/mol. The van der Waals surface area contributed by atoms with Gasteiger partial charge in [0.1, 0.15) is 0 Å². The van der Waals surface area contributed by atoms with E-state index in [1.165, 1.54) is 0 Å². The summed E-state index contributed by atoms with van der Waals surface area (Å²) in [5.74, 6) is 0. The SMILES string of the molecule is O=c1[nH]ccc2c1c(-c1ccc(S)cc1)cn2C1CCOC1. The minimum Gasteiger partial charge on any atom is -0.379 e. The summed E-state index contributed by atoms with van der Waals surface area (Å²) in [7, 11) is 0. The van der Waals surface area contributed by atoms with Crippen molar-refractivity contribution in [3.8, 4) is 11.1 Å². The van der Waals surface area contributed by atoms with E-state index in [2.05, 4.69) is 28.4 Å². The molecule has 1 unspecified atom stereocenters. The zero-order chi connectivity index (χ0) is 15.1. The lowest BCUT2D eigenvalue weighted by Gasteiger charge is -2.11. The van der Waals surface area contributed by atoms with Crippen molar-refractivity contribution in [2.24, 2.45) is 0 Å². The zero-order valence-electron chi connectivity index (χ0n) is 12.0. The minimum atomic E-state index is -0.0554. The van der Waals surface area contributed by atoms with Gasteiger partial charge in [0.2, 0.25) is 0 Å². The average molecular weight is 312 g/mol. The first kappa shape index (κ1) is 13.7. The van der Waals surface area contributed by atoms with Crippen molar-refractivity contribution in [1.82, 2.24) is 9.55 Å². The van der Waals surface area contributed by atoms with Crippen molar-refractivity contribution in [2.45, 2.75) is 17.4 Å². The predicted octanol–water partition coefficient (Wildman–Crippen LogP) is 3.25. The van der Waals surface area contributed by atoms with Crippen LogP contribution in [-0.4, -0.2) is 22.8 Å². The third-order valence-electron chi connectivity index (χ3n) is 4.23. The van der Waals surface area contributed by atoms with E-state index in [-0.39, 0.29) is 5.56 Å². The Morgan fingerprint density at radius 1 is 1.23 bits per heavy atom. The number of nitrogens with zero attached hydrogens (tertiary/aromatic N) is 1. The molecule has 1 aliphatic heterocycles. The number of hydrogen-bond donors (Lipinski definition) is 2. The van der Waals surface area contributed by atoms with Crippen LogP contribution < -0.4 is 5.56 Å². The van der Waals surface area contributed by atoms with Crippen LogP contribution in [0.25, 0.3) is 22.0 Å². The quantitative estimate of drug-likeness (QED) is 0.714. The molecule has 3 heterocycles. The fraction of sp³-hybridized carbons (Fsp3) is 0.235. The number of rotatable bonds is 2. The van der Waals surface area contributed by atoms with Crippen molar-refractivity contribution in [1.29, 1.82) is 0 Å². The lowest BCUT2D eigenvalue weighted by Crippen LogP contribution is -2.09. The fourth-order valence-corrected chi connectivity index (χ4v) is 3.27. The van der Waals surface area contributed by atoms with E-state index in [0.29, 0.717) is 12.6 Å². The molecular weight excluding hydrogens is 296 g/mol. The summed E-state index contributed by atoms with van der Waals surface area (Å²) in [5.41, 5.74) is 2.89. The van der Waals surface area contributed by atoms with Crippen LogP contribution >= 0.6 is 12.6 Å². The summed E-state index contributed by atoms with van der Waals surface area (Å²) in [6, 6.07) is 10.1. The molecule has 1 N–H and O–H groups in total. The molecule has 0 saturated carbocycles. The maximum absolute atomic E-state index is 12.4. The van der Waals surface area contributed by atoms with Gasteiger partial charge in [-0.25, -0.2) is 0 Å². The molecule has 22 heavy (non-hydrogen) atoms. The molecule has 1 atom stereocenters. The summed E-state index contributed by atoms with van der Waals surface area (Å²) >= 11 is 4.32. The van der Waals surface area contributed by atoms with E-state index in [1.54, 1.807) is 6.20 Å². The molecule has 4 nitrogen and oxygen atoms in total. The maximum atomic E-state index is 12.4. The number of pyridine rings is 1. The van der Waals surface area contributed by atoms with Gasteiger partial charge in [-0.1, -0.05) is 12.1 Å².